The molecule has 0 aliphatic rings. The lowest BCUT2D eigenvalue weighted by Crippen LogP contribution is -2.25. The number of rotatable bonds is 7. The van der Waals surface area contributed by atoms with Crippen LogP contribution in [0.25, 0.3) is 0 Å². The molecule has 2 heterocycles. The van der Waals surface area contributed by atoms with Gasteiger partial charge in [-0.2, -0.15) is 4.98 Å². The van der Waals surface area contributed by atoms with Gasteiger partial charge in [-0.1, -0.05) is 66.7 Å². The molecule has 2 aromatic carbocycles. The maximum Gasteiger partial charge on any atom is 0.230 e. The predicted molar refractivity (Wildman–Crippen MR) is 117 cm³/mol. The fourth-order valence-corrected chi connectivity index (χ4v) is 3.27. The smallest absolute Gasteiger partial charge is 0.230 e. The lowest BCUT2D eigenvalue weighted by atomic mass is 10.2. The van der Waals surface area contributed by atoms with Gasteiger partial charge in [0.25, 0.3) is 0 Å². The van der Waals surface area contributed by atoms with Gasteiger partial charge in [0.2, 0.25) is 10.7 Å². The van der Waals surface area contributed by atoms with Crippen LogP contribution in [0.15, 0.2) is 91.4 Å². The van der Waals surface area contributed by atoms with E-state index in [4.69, 9.17) is 12.2 Å². The van der Waals surface area contributed by atoms with Crippen LogP contribution >= 0.6 is 12.2 Å². The first-order valence-electron chi connectivity index (χ1n) is 9.44. The molecule has 4 aromatic rings. The number of aromatic nitrogens is 4. The molecule has 6 heteroatoms. The van der Waals surface area contributed by atoms with Gasteiger partial charge >= 0.3 is 0 Å². The molecular formula is C23H21N5S. The lowest BCUT2D eigenvalue weighted by molar-refractivity contribution is 0.682. The zero-order valence-corrected chi connectivity index (χ0v) is 16.7. The molecule has 4 rings (SSSR count). The molecule has 0 saturated heterocycles. The summed E-state index contributed by atoms with van der Waals surface area (Å²) in [6, 6.07) is 26.5. The SMILES string of the molecule is S=c1nc(N(Cc2ccccc2)Cc2ccccc2)ncn1Cc1ccccn1. The number of hydrogen-bond acceptors (Lipinski definition) is 5. The molecule has 0 spiro atoms. The Labute approximate surface area is 175 Å². The van der Waals surface area contributed by atoms with Crippen molar-refractivity contribution >= 4 is 18.2 Å². The van der Waals surface area contributed by atoms with Crippen molar-refractivity contribution in [3.8, 4) is 0 Å². The summed E-state index contributed by atoms with van der Waals surface area (Å²) in [5.41, 5.74) is 3.32. The molecule has 0 atom stereocenters. The zero-order chi connectivity index (χ0) is 19.9. The molecule has 0 aliphatic heterocycles. The second-order valence-electron chi connectivity index (χ2n) is 6.72. The van der Waals surface area contributed by atoms with E-state index in [1.54, 1.807) is 12.5 Å². The molecule has 144 valence electrons. The molecule has 0 bridgehead atoms. The molecule has 2 aromatic heterocycles. The van der Waals surface area contributed by atoms with Crippen molar-refractivity contribution in [2.24, 2.45) is 0 Å². The standard InChI is InChI=1S/C23H21N5S/c29-23-26-22(25-18-28(23)17-21-13-7-8-14-24-21)27(15-19-9-3-1-4-10-19)16-20-11-5-2-6-12-20/h1-14,18H,15-17H2. The second kappa shape index (κ2) is 9.21. The van der Waals surface area contributed by atoms with Crippen molar-refractivity contribution in [3.63, 3.8) is 0 Å². The minimum atomic E-state index is 0.492. The number of pyridine rings is 1. The largest absolute Gasteiger partial charge is 0.332 e. The van der Waals surface area contributed by atoms with Crippen molar-refractivity contribution in [1.29, 1.82) is 0 Å². The summed E-state index contributed by atoms with van der Waals surface area (Å²) in [4.78, 5) is 15.7. The number of hydrogen-bond donors (Lipinski definition) is 0. The van der Waals surface area contributed by atoms with Crippen LogP contribution in [0, 0.1) is 4.77 Å². The van der Waals surface area contributed by atoms with E-state index in [0.29, 0.717) is 30.4 Å². The molecule has 0 amide bonds. The Morgan fingerprint density at radius 3 is 1.93 bits per heavy atom. The maximum atomic E-state index is 5.54. The van der Waals surface area contributed by atoms with E-state index in [-0.39, 0.29) is 0 Å². The van der Waals surface area contributed by atoms with Crippen LogP contribution in [0.2, 0.25) is 0 Å². The Morgan fingerprint density at radius 2 is 1.38 bits per heavy atom. The van der Waals surface area contributed by atoms with Crippen molar-refractivity contribution < 1.29 is 0 Å². The Hall–Kier alpha value is -3.38. The molecule has 0 unspecified atom stereocenters. The Morgan fingerprint density at radius 1 is 0.759 bits per heavy atom. The highest BCUT2D eigenvalue weighted by Gasteiger charge is 2.12. The molecular weight excluding hydrogens is 378 g/mol. The molecule has 5 nitrogen and oxygen atoms in total. The summed E-state index contributed by atoms with van der Waals surface area (Å²) >= 11 is 5.54. The summed E-state index contributed by atoms with van der Waals surface area (Å²) in [7, 11) is 0. The van der Waals surface area contributed by atoms with Gasteiger partial charge in [-0.3, -0.25) is 4.98 Å². The summed E-state index contributed by atoms with van der Waals surface area (Å²) in [5, 5.41) is 0. The van der Waals surface area contributed by atoms with E-state index in [9.17, 15) is 0 Å². The van der Waals surface area contributed by atoms with Crippen molar-refractivity contribution in [2.75, 3.05) is 4.90 Å². The zero-order valence-electron chi connectivity index (χ0n) is 15.9. The van der Waals surface area contributed by atoms with Crippen molar-refractivity contribution in [1.82, 2.24) is 19.5 Å². The first-order chi connectivity index (χ1) is 14.3. The number of anilines is 1. The highest BCUT2D eigenvalue weighted by Crippen LogP contribution is 2.16. The quantitative estimate of drug-likeness (QED) is 0.423. The van der Waals surface area contributed by atoms with E-state index in [0.717, 1.165) is 5.69 Å². The highest BCUT2D eigenvalue weighted by atomic mass is 32.1. The van der Waals surface area contributed by atoms with Crippen LogP contribution in [-0.4, -0.2) is 19.5 Å². The fraction of sp³-hybridized carbons (Fsp3) is 0.130. The first kappa shape index (κ1) is 19.0. The van der Waals surface area contributed by atoms with Crippen LogP contribution in [-0.2, 0) is 19.6 Å². The Bertz CT molecular complexity index is 1060. The summed E-state index contributed by atoms with van der Waals surface area (Å²) in [5.74, 6) is 0.625. The summed E-state index contributed by atoms with van der Waals surface area (Å²) in [6.07, 6.45) is 3.53. The van der Waals surface area contributed by atoms with Crippen LogP contribution in [0.4, 0.5) is 5.95 Å². The van der Waals surface area contributed by atoms with E-state index >= 15 is 0 Å². The van der Waals surface area contributed by atoms with E-state index in [1.165, 1.54) is 11.1 Å². The van der Waals surface area contributed by atoms with Crippen LogP contribution in [0.3, 0.4) is 0 Å². The summed E-state index contributed by atoms with van der Waals surface area (Å²) < 4.78 is 2.33. The van der Waals surface area contributed by atoms with Gasteiger partial charge in [0.15, 0.2) is 0 Å². The molecule has 0 fully saturated rings. The van der Waals surface area contributed by atoms with Gasteiger partial charge in [-0.05, 0) is 35.5 Å². The van der Waals surface area contributed by atoms with E-state index in [2.05, 4.69) is 44.1 Å². The maximum absolute atomic E-state index is 5.54. The average Bonchev–Trinajstić information content (AvgIpc) is 2.77. The normalized spacial score (nSPS) is 10.6. The van der Waals surface area contributed by atoms with E-state index in [1.807, 2.05) is 59.2 Å². The van der Waals surface area contributed by atoms with Gasteiger partial charge in [-0.25, -0.2) is 4.98 Å². The summed E-state index contributed by atoms with van der Waals surface area (Å²) in [6.45, 7) is 1.96. The third-order valence-corrected chi connectivity index (χ3v) is 4.85. The molecule has 0 aliphatic carbocycles. The molecule has 0 N–H and O–H groups in total. The van der Waals surface area contributed by atoms with Crippen LogP contribution < -0.4 is 4.90 Å². The monoisotopic (exact) mass is 399 g/mol. The second-order valence-corrected chi connectivity index (χ2v) is 7.08. The first-order valence-corrected chi connectivity index (χ1v) is 9.85. The van der Waals surface area contributed by atoms with Crippen molar-refractivity contribution in [2.45, 2.75) is 19.6 Å². The van der Waals surface area contributed by atoms with Crippen LogP contribution in [0.1, 0.15) is 16.8 Å². The number of nitrogens with zero attached hydrogens (tertiary/aromatic N) is 5. The molecule has 29 heavy (non-hydrogen) atoms. The van der Waals surface area contributed by atoms with Gasteiger partial charge < -0.3 is 9.47 Å². The fourth-order valence-electron chi connectivity index (χ4n) is 3.08. The minimum Gasteiger partial charge on any atom is -0.332 e. The number of benzene rings is 2. The van der Waals surface area contributed by atoms with Crippen molar-refractivity contribution in [3.05, 3.63) is 113 Å². The molecule has 0 saturated carbocycles. The van der Waals surface area contributed by atoms with Gasteiger partial charge in [-0.15, -0.1) is 0 Å². The third kappa shape index (κ3) is 5.12. The van der Waals surface area contributed by atoms with Crippen LogP contribution in [0.5, 0.6) is 0 Å². The third-order valence-electron chi connectivity index (χ3n) is 4.53. The van der Waals surface area contributed by atoms with E-state index < -0.39 is 0 Å². The lowest BCUT2D eigenvalue weighted by Gasteiger charge is -2.23. The van der Waals surface area contributed by atoms with Gasteiger partial charge in [0.1, 0.15) is 6.33 Å². The van der Waals surface area contributed by atoms with Gasteiger partial charge in [0.05, 0.1) is 12.2 Å². The Kier molecular flexibility index (Phi) is 6.02. The highest BCUT2D eigenvalue weighted by molar-refractivity contribution is 7.71. The minimum absolute atomic E-state index is 0.492. The average molecular weight is 400 g/mol. The Balaban J connectivity index is 1.61. The topological polar surface area (TPSA) is 46.8 Å². The predicted octanol–water partition coefficient (Wildman–Crippen LogP) is 4.66. The van der Waals surface area contributed by atoms with Gasteiger partial charge in [0, 0.05) is 19.3 Å². The molecule has 0 radical (unpaired) electrons.